The van der Waals surface area contributed by atoms with E-state index in [4.69, 9.17) is 13.3 Å². The van der Waals surface area contributed by atoms with Gasteiger partial charge in [0.15, 0.2) is 8.32 Å². The van der Waals surface area contributed by atoms with Crippen molar-refractivity contribution in [3.8, 4) is 0 Å². The lowest BCUT2D eigenvalue weighted by Crippen LogP contribution is -2.51. The smallest absolute Gasteiger partial charge is 0.242 e. The summed E-state index contributed by atoms with van der Waals surface area (Å²) in [4.78, 5) is 0. The van der Waals surface area contributed by atoms with Gasteiger partial charge in [0, 0.05) is 6.42 Å². The predicted molar refractivity (Wildman–Crippen MR) is 144 cm³/mol. The van der Waals surface area contributed by atoms with Crippen LogP contribution in [0.15, 0.2) is 24.0 Å². The second-order valence-electron chi connectivity index (χ2n) is 12.8. The van der Waals surface area contributed by atoms with Crippen LogP contribution < -0.4 is 0 Å². The highest BCUT2D eigenvalue weighted by Gasteiger charge is 2.47. The molecule has 0 aromatic carbocycles. The third-order valence-electron chi connectivity index (χ3n) is 7.03. The van der Waals surface area contributed by atoms with Crippen molar-refractivity contribution in [3.63, 3.8) is 0 Å². The lowest BCUT2D eigenvalue weighted by atomic mass is 10.2. The average Bonchev–Trinajstić information content (AvgIpc) is 2.70. The van der Waals surface area contributed by atoms with Gasteiger partial charge in [-0.3, -0.25) is 0 Å². The molecule has 0 heterocycles. The van der Waals surface area contributed by atoms with Gasteiger partial charge in [0.1, 0.15) is 5.76 Å². The normalized spacial score (nSPS) is 21.6. The summed E-state index contributed by atoms with van der Waals surface area (Å²) in [5, 5.41) is 0.181. The summed E-state index contributed by atoms with van der Waals surface area (Å²) in [5.74, 6) is 0.963. The molecule has 0 unspecified atom stereocenters. The first kappa shape index (κ1) is 28.9. The average molecular weight is 485 g/mol. The number of rotatable bonds is 9. The SMILES string of the molecule is CC(C)[Si](O[C@@H]1C=C(O[Si](C)(C)C)C=C[C@H](O[Si](C)(C)C(C)(C)C)C1)(C(C)C)C(C)C. The highest BCUT2D eigenvalue weighted by Crippen LogP contribution is 2.44. The molecule has 3 nitrogen and oxygen atoms in total. The molecule has 1 aliphatic carbocycles. The van der Waals surface area contributed by atoms with E-state index in [0.29, 0.717) is 16.6 Å². The van der Waals surface area contributed by atoms with Crippen molar-refractivity contribution >= 4 is 25.0 Å². The van der Waals surface area contributed by atoms with Gasteiger partial charge < -0.3 is 13.3 Å². The van der Waals surface area contributed by atoms with E-state index in [-0.39, 0.29) is 17.2 Å². The fraction of sp³-hybridized carbons (Fsp3) is 0.840. The van der Waals surface area contributed by atoms with Crippen molar-refractivity contribution in [2.45, 2.75) is 135 Å². The fourth-order valence-electron chi connectivity index (χ4n) is 4.63. The van der Waals surface area contributed by atoms with Crippen LogP contribution in [0.2, 0.25) is 54.4 Å². The summed E-state index contributed by atoms with van der Waals surface area (Å²) in [6.45, 7) is 32.4. The van der Waals surface area contributed by atoms with Crippen LogP contribution in [0.3, 0.4) is 0 Å². The molecule has 182 valence electrons. The third-order valence-corrected chi connectivity index (χ3v) is 18.5. The lowest BCUT2D eigenvalue weighted by molar-refractivity contribution is 0.138. The summed E-state index contributed by atoms with van der Waals surface area (Å²) in [5.41, 5.74) is 1.66. The second-order valence-corrected chi connectivity index (χ2v) is 27.4. The van der Waals surface area contributed by atoms with Crippen LogP contribution in [0, 0.1) is 0 Å². The van der Waals surface area contributed by atoms with Crippen molar-refractivity contribution < 1.29 is 13.3 Å². The minimum absolute atomic E-state index is 0.0231. The molecule has 0 fully saturated rings. The van der Waals surface area contributed by atoms with E-state index in [1.54, 1.807) is 0 Å². The van der Waals surface area contributed by atoms with Crippen molar-refractivity contribution in [1.29, 1.82) is 0 Å². The fourth-order valence-corrected chi connectivity index (χ4v) is 12.3. The van der Waals surface area contributed by atoms with Crippen molar-refractivity contribution in [1.82, 2.24) is 0 Å². The number of hydrogen-bond acceptors (Lipinski definition) is 3. The summed E-state index contributed by atoms with van der Waals surface area (Å²) >= 11 is 0. The molecule has 1 aliphatic rings. The van der Waals surface area contributed by atoms with Crippen molar-refractivity contribution in [3.05, 3.63) is 24.0 Å². The van der Waals surface area contributed by atoms with E-state index in [9.17, 15) is 0 Å². The number of hydrogen-bond donors (Lipinski definition) is 0. The first-order valence-electron chi connectivity index (χ1n) is 12.3. The molecule has 0 aromatic heterocycles. The molecule has 0 N–H and O–H groups in total. The van der Waals surface area contributed by atoms with Crippen LogP contribution in [0.25, 0.3) is 0 Å². The molecule has 0 spiro atoms. The summed E-state index contributed by atoms with van der Waals surface area (Å²) in [7, 11) is -5.61. The Labute approximate surface area is 197 Å². The van der Waals surface area contributed by atoms with E-state index in [1.165, 1.54) is 0 Å². The Kier molecular flexibility index (Phi) is 9.70. The highest BCUT2D eigenvalue weighted by molar-refractivity contribution is 6.77. The van der Waals surface area contributed by atoms with Crippen molar-refractivity contribution in [2.24, 2.45) is 0 Å². The first-order chi connectivity index (χ1) is 13.8. The van der Waals surface area contributed by atoms with Crippen LogP contribution in [0.5, 0.6) is 0 Å². The van der Waals surface area contributed by atoms with E-state index >= 15 is 0 Å². The minimum Gasteiger partial charge on any atom is -0.544 e. The quantitative estimate of drug-likeness (QED) is 0.306. The molecule has 6 heteroatoms. The molecule has 0 saturated carbocycles. The monoisotopic (exact) mass is 484 g/mol. The van der Waals surface area contributed by atoms with E-state index < -0.39 is 25.0 Å². The Morgan fingerprint density at radius 1 is 0.806 bits per heavy atom. The zero-order chi connectivity index (χ0) is 24.4. The zero-order valence-corrected chi connectivity index (χ0v) is 26.1. The van der Waals surface area contributed by atoms with Crippen LogP contribution in [-0.4, -0.2) is 37.2 Å². The molecule has 31 heavy (non-hydrogen) atoms. The molecule has 2 atom stereocenters. The van der Waals surface area contributed by atoms with Gasteiger partial charge in [0.2, 0.25) is 16.6 Å². The third kappa shape index (κ3) is 7.70. The Balaban J connectivity index is 3.34. The summed E-state index contributed by atoms with van der Waals surface area (Å²) in [6.07, 6.45) is 7.56. The topological polar surface area (TPSA) is 27.7 Å². The molecule has 0 amide bonds. The Bertz CT molecular complexity index is 616. The van der Waals surface area contributed by atoms with Crippen LogP contribution >= 0.6 is 0 Å². The lowest BCUT2D eigenvalue weighted by Gasteiger charge is -2.45. The molecule has 1 rings (SSSR count). The Hall–Kier alpha value is -0.149. The Morgan fingerprint density at radius 2 is 1.29 bits per heavy atom. The molecule has 0 bridgehead atoms. The molecule has 0 aromatic rings. The van der Waals surface area contributed by atoms with E-state index in [1.807, 2.05) is 0 Å². The van der Waals surface area contributed by atoms with Gasteiger partial charge in [-0.25, -0.2) is 0 Å². The standard InChI is InChI=1S/C25H52O3Si3/c1-19(2)31(20(3)4,21(5)6)28-24-17-22(26-29(10,11)12)15-16-23(18-24)27-30(13,14)25(7,8)9/h15-17,19-21,23-24H,18H2,1-14H3/t23-,24+/m0/s1. The molecular formula is C25H52O3Si3. The second kappa shape index (κ2) is 10.4. The van der Waals surface area contributed by atoms with E-state index in [0.717, 1.165) is 12.2 Å². The zero-order valence-electron chi connectivity index (χ0n) is 23.1. The largest absolute Gasteiger partial charge is 0.544 e. The van der Waals surface area contributed by atoms with Gasteiger partial charge in [0.25, 0.3) is 0 Å². The highest BCUT2D eigenvalue weighted by atomic mass is 28.4. The minimum atomic E-state index is -2.01. The van der Waals surface area contributed by atoms with Gasteiger partial charge in [-0.05, 0) is 66.5 Å². The van der Waals surface area contributed by atoms with Gasteiger partial charge >= 0.3 is 0 Å². The maximum Gasteiger partial charge on any atom is 0.242 e. The van der Waals surface area contributed by atoms with Gasteiger partial charge in [-0.2, -0.15) is 0 Å². The molecular weight excluding hydrogens is 433 g/mol. The van der Waals surface area contributed by atoms with Crippen molar-refractivity contribution in [2.75, 3.05) is 0 Å². The molecule has 0 radical (unpaired) electrons. The van der Waals surface area contributed by atoms with Crippen LogP contribution in [-0.2, 0) is 13.3 Å². The van der Waals surface area contributed by atoms with Crippen LogP contribution in [0.4, 0.5) is 0 Å². The molecule has 0 aliphatic heterocycles. The van der Waals surface area contributed by atoms with Crippen LogP contribution in [0.1, 0.15) is 68.7 Å². The summed E-state index contributed by atoms with van der Waals surface area (Å²) in [6, 6.07) is 0. The van der Waals surface area contributed by atoms with E-state index in [2.05, 4.69) is 113 Å². The predicted octanol–water partition coefficient (Wildman–Crippen LogP) is 8.63. The maximum atomic E-state index is 7.21. The first-order valence-corrected chi connectivity index (χ1v) is 20.7. The number of allylic oxidation sites excluding steroid dienone is 1. The maximum absolute atomic E-state index is 7.21. The summed E-state index contributed by atoms with van der Waals surface area (Å²) < 4.78 is 20.5. The Morgan fingerprint density at radius 3 is 1.68 bits per heavy atom. The van der Waals surface area contributed by atoms with Gasteiger partial charge in [-0.1, -0.05) is 68.4 Å². The van der Waals surface area contributed by atoms with Gasteiger partial charge in [0.05, 0.1) is 12.2 Å². The molecule has 0 saturated heterocycles. The van der Waals surface area contributed by atoms with Gasteiger partial charge in [-0.15, -0.1) is 0 Å².